The molecule has 0 aliphatic heterocycles. The zero-order valence-corrected chi connectivity index (χ0v) is 11.7. The van der Waals surface area contributed by atoms with E-state index in [4.69, 9.17) is 10.5 Å². The first-order valence-corrected chi connectivity index (χ1v) is 6.48. The van der Waals surface area contributed by atoms with Crippen LogP contribution in [0.15, 0.2) is 48.5 Å². The van der Waals surface area contributed by atoms with E-state index in [0.29, 0.717) is 23.5 Å². The van der Waals surface area contributed by atoms with Gasteiger partial charge in [-0.2, -0.15) is 0 Å². The van der Waals surface area contributed by atoms with E-state index in [1.54, 1.807) is 30.3 Å². The summed E-state index contributed by atoms with van der Waals surface area (Å²) in [4.78, 5) is 12.3. The second-order valence-electron chi connectivity index (χ2n) is 4.24. The van der Waals surface area contributed by atoms with Gasteiger partial charge in [0, 0.05) is 11.3 Å². The maximum Gasteiger partial charge on any atom is 0.259 e. The van der Waals surface area contributed by atoms with Gasteiger partial charge in [-0.15, -0.1) is 0 Å². The molecule has 0 bridgehead atoms. The van der Waals surface area contributed by atoms with Crippen molar-refractivity contribution in [3.05, 3.63) is 59.7 Å². The third-order valence-electron chi connectivity index (χ3n) is 2.81. The third kappa shape index (κ3) is 3.85. The van der Waals surface area contributed by atoms with Gasteiger partial charge in [0.2, 0.25) is 0 Å². The molecule has 21 heavy (non-hydrogen) atoms. The Bertz CT molecular complexity index is 699. The molecule has 106 valence electrons. The number of rotatable bonds is 3. The first-order chi connectivity index (χ1) is 10.2. The molecule has 3 N–H and O–H groups in total. The van der Waals surface area contributed by atoms with Crippen LogP contribution in [-0.2, 0) is 0 Å². The van der Waals surface area contributed by atoms with Crippen LogP contribution in [0.3, 0.4) is 0 Å². The molecule has 0 fully saturated rings. The maximum atomic E-state index is 12.3. The molecule has 0 atom stereocenters. The number of anilines is 1. The van der Waals surface area contributed by atoms with Crippen molar-refractivity contribution >= 4 is 11.6 Å². The highest BCUT2D eigenvalue weighted by Gasteiger charge is 2.11. The van der Waals surface area contributed by atoms with Crippen molar-refractivity contribution in [2.45, 2.75) is 0 Å². The van der Waals surface area contributed by atoms with Crippen LogP contribution in [0.2, 0.25) is 0 Å². The van der Waals surface area contributed by atoms with Gasteiger partial charge in [-0.3, -0.25) is 4.79 Å². The van der Waals surface area contributed by atoms with Crippen molar-refractivity contribution < 1.29 is 9.53 Å². The second-order valence-corrected chi connectivity index (χ2v) is 4.24. The second kappa shape index (κ2) is 7.13. The fourth-order valence-electron chi connectivity index (χ4n) is 1.86. The van der Waals surface area contributed by atoms with Gasteiger partial charge in [0.05, 0.1) is 19.2 Å². The van der Waals surface area contributed by atoms with Crippen LogP contribution in [0.5, 0.6) is 5.75 Å². The molecular weight excluding hydrogens is 264 g/mol. The normalized spacial score (nSPS) is 9.43. The van der Waals surface area contributed by atoms with Crippen molar-refractivity contribution in [2.75, 3.05) is 19.0 Å². The molecule has 0 saturated carbocycles. The van der Waals surface area contributed by atoms with Gasteiger partial charge < -0.3 is 15.8 Å². The molecular formula is C17H16N2O2. The Morgan fingerprint density at radius 3 is 2.81 bits per heavy atom. The molecule has 4 nitrogen and oxygen atoms in total. The molecule has 0 aliphatic carbocycles. The molecule has 0 radical (unpaired) electrons. The van der Waals surface area contributed by atoms with E-state index in [1.807, 2.05) is 18.2 Å². The van der Waals surface area contributed by atoms with Crippen LogP contribution in [0.25, 0.3) is 0 Å². The molecule has 0 heterocycles. The van der Waals surface area contributed by atoms with Crippen LogP contribution >= 0.6 is 0 Å². The predicted molar refractivity (Wildman–Crippen MR) is 83.3 cm³/mol. The van der Waals surface area contributed by atoms with Gasteiger partial charge in [-0.1, -0.05) is 30.0 Å². The largest absolute Gasteiger partial charge is 0.496 e. The van der Waals surface area contributed by atoms with Gasteiger partial charge in [0.25, 0.3) is 5.91 Å². The van der Waals surface area contributed by atoms with E-state index >= 15 is 0 Å². The SMILES string of the molecule is COc1ccccc1C(=O)Nc1cccc(C#CCN)c1. The van der Waals surface area contributed by atoms with Crippen LogP contribution in [0.1, 0.15) is 15.9 Å². The fourth-order valence-corrected chi connectivity index (χ4v) is 1.86. The smallest absolute Gasteiger partial charge is 0.259 e. The highest BCUT2D eigenvalue weighted by molar-refractivity contribution is 6.06. The van der Waals surface area contributed by atoms with E-state index < -0.39 is 0 Å². The summed E-state index contributed by atoms with van der Waals surface area (Å²) < 4.78 is 5.18. The lowest BCUT2D eigenvalue weighted by atomic mass is 10.1. The van der Waals surface area contributed by atoms with Crippen LogP contribution in [0, 0.1) is 11.8 Å². The van der Waals surface area contributed by atoms with Crippen molar-refractivity contribution in [1.82, 2.24) is 0 Å². The number of para-hydroxylation sites is 1. The van der Waals surface area contributed by atoms with Gasteiger partial charge >= 0.3 is 0 Å². The number of amides is 1. The molecule has 0 aliphatic rings. The van der Waals surface area contributed by atoms with Crippen LogP contribution < -0.4 is 15.8 Å². The van der Waals surface area contributed by atoms with Gasteiger partial charge in [-0.05, 0) is 30.3 Å². The van der Waals surface area contributed by atoms with E-state index in [9.17, 15) is 4.79 Å². The third-order valence-corrected chi connectivity index (χ3v) is 2.81. The number of nitrogens with two attached hydrogens (primary N) is 1. The lowest BCUT2D eigenvalue weighted by molar-refractivity contribution is 0.102. The maximum absolute atomic E-state index is 12.3. The molecule has 2 aromatic carbocycles. The summed E-state index contributed by atoms with van der Waals surface area (Å²) in [6.07, 6.45) is 0. The molecule has 4 heteroatoms. The van der Waals surface area contributed by atoms with Crippen molar-refractivity contribution in [3.8, 4) is 17.6 Å². The lowest BCUT2D eigenvalue weighted by Gasteiger charge is -2.09. The van der Waals surface area contributed by atoms with Crippen LogP contribution in [0.4, 0.5) is 5.69 Å². The molecule has 2 aromatic rings. The first-order valence-electron chi connectivity index (χ1n) is 6.48. The van der Waals surface area contributed by atoms with Crippen molar-refractivity contribution in [1.29, 1.82) is 0 Å². The summed E-state index contributed by atoms with van der Waals surface area (Å²) in [5, 5.41) is 2.83. The van der Waals surface area contributed by atoms with Gasteiger partial charge in [-0.25, -0.2) is 0 Å². The molecule has 1 amide bonds. The summed E-state index contributed by atoms with van der Waals surface area (Å²) in [5.74, 6) is 6.02. The summed E-state index contributed by atoms with van der Waals surface area (Å²) in [5.41, 5.74) is 7.31. The van der Waals surface area contributed by atoms with E-state index in [0.717, 1.165) is 5.56 Å². The van der Waals surface area contributed by atoms with Crippen molar-refractivity contribution in [3.63, 3.8) is 0 Å². The minimum atomic E-state index is -0.226. The van der Waals surface area contributed by atoms with Crippen molar-refractivity contribution in [2.24, 2.45) is 5.73 Å². The zero-order valence-electron chi connectivity index (χ0n) is 11.7. The van der Waals surface area contributed by atoms with E-state index in [2.05, 4.69) is 17.2 Å². The predicted octanol–water partition coefficient (Wildman–Crippen LogP) is 2.26. The number of benzene rings is 2. The van der Waals surface area contributed by atoms with Crippen LogP contribution in [-0.4, -0.2) is 19.6 Å². The minimum Gasteiger partial charge on any atom is -0.496 e. The van der Waals surface area contributed by atoms with E-state index in [-0.39, 0.29) is 5.91 Å². The summed E-state index contributed by atoms with van der Waals surface area (Å²) >= 11 is 0. The summed E-state index contributed by atoms with van der Waals surface area (Å²) in [6, 6.07) is 14.4. The fraction of sp³-hybridized carbons (Fsp3) is 0.118. The average Bonchev–Trinajstić information content (AvgIpc) is 2.53. The van der Waals surface area contributed by atoms with Gasteiger partial charge in [0.1, 0.15) is 5.75 Å². The highest BCUT2D eigenvalue weighted by Crippen LogP contribution is 2.19. The summed E-state index contributed by atoms with van der Waals surface area (Å²) in [6.45, 7) is 0.303. The quantitative estimate of drug-likeness (QED) is 0.848. The Labute approximate surface area is 123 Å². The molecule has 0 spiro atoms. The first kappa shape index (κ1) is 14.6. The Balaban J connectivity index is 2.20. The minimum absolute atomic E-state index is 0.226. The topological polar surface area (TPSA) is 64.3 Å². The zero-order chi connectivity index (χ0) is 15.1. The number of nitrogens with one attached hydrogen (secondary N) is 1. The number of ether oxygens (including phenoxy) is 1. The number of carbonyl (C=O) groups excluding carboxylic acids is 1. The Kier molecular flexibility index (Phi) is 4.97. The van der Waals surface area contributed by atoms with Gasteiger partial charge in [0.15, 0.2) is 0 Å². The Hall–Kier alpha value is -2.77. The molecule has 2 rings (SSSR count). The monoisotopic (exact) mass is 280 g/mol. The Morgan fingerprint density at radius 2 is 2.05 bits per heavy atom. The number of hydrogen-bond acceptors (Lipinski definition) is 3. The molecule has 0 aromatic heterocycles. The standard InChI is InChI=1S/C17H16N2O2/c1-21-16-10-3-2-9-15(16)17(20)19-14-8-4-6-13(12-14)7-5-11-18/h2-4,6,8-10,12H,11,18H2,1H3,(H,19,20). The molecule has 0 saturated heterocycles. The highest BCUT2D eigenvalue weighted by atomic mass is 16.5. The average molecular weight is 280 g/mol. The number of carbonyl (C=O) groups is 1. The number of methoxy groups -OCH3 is 1. The van der Waals surface area contributed by atoms with E-state index in [1.165, 1.54) is 7.11 Å². The Morgan fingerprint density at radius 1 is 1.24 bits per heavy atom. The molecule has 0 unspecified atom stereocenters. The lowest BCUT2D eigenvalue weighted by Crippen LogP contribution is -2.13. The summed E-state index contributed by atoms with van der Waals surface area (Å²) in [7, 11) is 1.54. The number of hydrogen-bond donors (Lipinski definition) is 2.